The zero-order valence-corrected chi connectivity index (χ0v) is 22.0. The number of allylic oxidation sites excluding steroid dienone is 1. The van der Waals surface area contributed by atoms with Crippen LogP contribution in [-0.2, 0) is 10.0 Å². The summed E-state index contributed by atoms with van der Waals surface area (Å²) in [5, 5.41) is 4.11. The van der Waals surface area contributed by atoms with E-state index in [2.05, 4.69) is 48.3 Å². The van der Waals surface area contributed by atoms with Gasteiger partial charge in [-0.2, -0.15) is 0 Å². The smallest absolute Gasteiger partial charge is 0.273 e. The van der Waals surface area contributed by atoms with Gasteiger partial charge in [0.05, 0.1) is 17.9 Å². The van der Waals surface area contributed by atoms with Gasteiger partial charge in [-0.3, -0.25) is 9.59 Å². The molecule has 0 spiro atoms. The molecule has 204 valence electrons. The first kappa shape index (κ1) is 35.9. The highest BCUT2D eigenvalue weighted by atomic mass is 32.2. The van der Waals surface area contributed by atoms with Crippen molar-refractivity contribution in [2.75, 3.05) is 7.11 Å². The number of nitrogens with two attached hydrogens (primary N) is 3. The van der Waals surface area contributed by atoms with Crippen LogP contribution in [0.5, 0.6) is 5.75 Å². The maximum atomic E-state index is 12.0. The zero-order chi connectivity index (χ0) is 26.8. The summed E-state index contributed by atoms with van der Waals surface area (Å²) >= 11 is 6.21. The Morgan fingerprint density at radius 3 is 2.00 bits per heavy atom. The van der Waals surface area contributed by atoms with Crippen molar-refractivity contribution >= 4 is 45.8 Å². The van der Waals surface area contributed by atoms with Crippen molar-refractivity contribution in [2.24, 2.45) is 16.6 Å². The number of nitrogens with zero attached hydrogens (tertiary/aromatic N) is 1. The minimum Gasteiger partial charge on any atom is -0.497 e. The maximum Gasteiger partial charge on any atom is 0.273 e. The van der Waals surface area contributed by atoms with E-state index < -0.39 is 20.5 Å². The lowest BCUT2D eigenvalue weighted by Gasteiger charge is -2.07. The molecule has 0 saturated carbocycles. The van der Waals surface area contributed by atoms with E-state index in [-0.39, 0.29) is 23.7 Å². The van der Waals surface area contributed by atoms with Gasteiger partial charge in [-0.15, -0.1) is 6.58 Å². The largest absolute Gasteiger partial charge is 0.497 e. The summed E-state index contributed by atoms with van der Waals surface area (Å²) in [4.78, 5) is 22.7. The molecule has 1 unspecified atom stereocenters. The van der Waals surface area contributed by atoms with Crippen molar-refractivity contribution in [1.29, 1.82) is 0 Å². The van der Waals surface area contributed by atoms with Crippen molar-refractivity contribution in [1.82, 2.24) is 4.98 Å². The fraction of sp³-hybridized carbons (Fsp3) is 0.174. The van der Waals surface area contributed by atoms with E-state index >= 15 is 0 Å². The molecule has 2 aromatic carbocycles. The number of ether oxygens (including phenoxy) is 1. The number of primary sulfonamides is 1. The molecule has 1 aromatic heterocycles. The van der Waals surface area contributed by atoms with Gasteiger partial charge in [0.2, 0.25) is 15.9 Å². The predicted molar refractivity (Wildman–Crippen MR) is 151 cm³/mol. The molecule has 3 rings (SSSR count). The van der Waals surface area contributed by atoms with E-state index in [1.807, 2.05) is 19.1 Å². The number of carbonyl (C=O) groups excluding carboxylic acids is 2. The van der Waals surface area contributed by atoms with Gasteiger partial charge in [-0.1, -0.05) is 57.8 Å². The topological polar surface area (TPSA) is 213 Å². The highest BCUT2D eigenvalue weighted by molar-refractivity contribution is 7.96. The number of hydrogen-bond acceptors (Lipinski definition) is 7. The zero-order valence-electron chi connectivity index (χ0n) is 19.4. The maximum absolute atomic E-state index is 12.0. The number of aromatic nitrogens is 1. The summed E-state index contributed by atoms with van der Waals surface area (Å²) in [5.41, 5.74) is 10.3. The van der Waals surface area contributed by atoms with Crippen LogP contribution in [0.1, 0.15) is 26.2 Å². The minimum absolute atomic E-state index is 0. The van der Waals surface area contributed by atoms with Gasteiger partial charge >= 0.3 is 0 Å². The number of amides is 2. The monoisotopic (exact) mass is 572 g/mol. The Bertz CT molecular complexity index is 1260. The van der Waals surface area contributed by atoms with Gasteiger partial charge in [-0.05, 0) is 36.4 Å². The van der Waals surface area contributed by atoms with E-state index in [1.54, 1.807) is 43.5 Å². The van der Waals surface area contributed by atoms with Crippen LogP contribution in [0.4, 0.5) is 9.59 Å². The first-order chi connectivity index (χ1) is 16.3. The van der Waals surface area contributed by atoms with Gasteiger partial charge in [0.15, 0.2) is 5.76 Å². The van der Waals surface area contributed by atoms with E-state index in [9.17, 15) is 8.42 Å². The molecule has 0 aliphatic rings. The quantitative estimate of drug-likeness (QED) is 0.217. The number of carbonyl (C=O) groups is 2. The lowest BCUT2D eigenvalue weighted by Crippen LogP contribution is -2.13. The molecule has 0 radical (unpaired) electrons. The number of sulfonamides is 1. The number of hydrogen-bond donors (Lipinski definition) is 5. The van der Waals surface area contributed by atoms with Gasteiger partial charge in [0.25, 0.3) is 10.5 Å². The first-order valence-corrected chi connectivity index (χ1v) is 12.1. The first-order valence-electron chi connectivity index (χ1n) is 9.68. The molecule has 0 saturated heterocycles. The third kappa shape index (κ3) is 11.5. The lowest BCUT2D eigenvalue weighted by molar-refractivity contribution is 0.266. The van der Waals surface area contributed by atoms with Crippen molar-refractivity contribution in [2.45, 2.75) is 25.2 Å². The molecule has 0 aliphatic heterocycles. The number of primary amides is 2. The summed E-state index contributed by atoms with van der Waals surface area (Å²) in [6.45, 7) is 5.66. The fourth-order valence-corrected chi connectivity index (χ4v) is 3.40. The summed E-state index contributed by atoms with van der Waals surface area (Å²) in [7, 11) is -2.35. The number of methoxy groups -OCH3 is 1. The second-order valence-corrected chi connectivity index (χ2v) is 9.11. The molecule has 1 heterocycles. The summed E-state index contributed by atoms with van der Waals surface area (Å²) < 4.78 is 35.2. The highest BCUT2D eigenvalue weighted by Crippen LogP contribution is 2.38. The minimum atomic E-state index is -3.94. The van der Waals surface area contributed by atoms with Crippen molar-refractivity contribution in [3.63, 3.8) is 0 Å². The fourth-order valence-electron chi connectivity index (χ4n) is 2.66. The van der Waals surface area contributed by atoms with E-state index in [1.165, 1.54) is 6.07 Å². The highest BCUT2D eigenvalue weighted by Gasteiger charge is 2.24. The number of rotatable bonds is 6. The molecular formula is C23H32N4O7S3. The average molecular weight is 573 g/mol. The molecule has 8 N–H and O–H groups in total. The Balaban J connectivity index is 0. The third-order valence-corrected chi connectivity index (χ3v) is 5.16. The molecular weight excluding hydrogens is 540 g/mol. The molecule has 37 heavy (non-hydrogen) atoms. The molecule has 3 aromatic rings. The Morgan fingerprint density at radius 2 is 1.57 bits per heavy atom. The van der Waals surface area contributed by atoms with E-state index in [0.717, 1.165) is 5.56 Å². The Hall–Kier alpha value is -3.30. The van der Waals surface area contributed by atoms with Crippen LogP contribution < -0.4 is 21.3 Å². The van der Waals surface area contributed by atoms with Crippen LogP contribution in [-0.4, -0.2) is 36.5 Å². The number of benzene rings is 2. The predicted octanol–water partition coefficient (Wildman–Crippen LogP) is 3.76. The number of thiol groups is 2. The van der Waals surface area contributed by atoms with Crippen LogP contribution in [0.2, 0.25) is 0 Å². The standard InChI is InChI=1S/C20H20N2O4S.2CH3NOS.CH4.H2O/c1-4-13(2)20-22-18(14-9-11-15(25-3)12-10-14)19(26-20)16-7-5-6-8-17(16)27(21,23)24;2*2-1(3)4;;/h4-13H,1H2,2-3H3,(H2,21,23,24);2*(H3,2,3,4);1H4;1H2. The Kier molecular flexibility index (Phi) is 15.9. The second-order valence-electron chi connectivity index (χ2n) is 6.70. The van der Waals surface area contributed by atoms with Gasteiger partial charge < -0.3 is 26.1 Å². The number of oxazole rings is 1. The third-order valence-electron chi connectivity index (χ3n) is 4.19. The summed E-state index contributed by atoms with van der Waals surface area (Å²) in [5.74, 6) is 1.34. The molecule has 2 amide bonds. The van der Waals surface area contributed by atoms with Gasteiger partial charge in [0.1, 0.15) is 11.4 Å². The molecule has 11 nitrogen and oxygen atoms in total. The van der Waals surface area contributed by atoms with Crippen LogP contribution in [0.25, 0.3) is 22.6 Å². The van der Waals surface area contributed by atoms with Gasteiger partial charge in [0, 0.05) is 11.1 Å². The van der Waals surface area contributed by atoms with Crippen LogP contribution in [0.15, 0.2) is 70.5 Å². The van der Waals surface area contributed by atoms with Crippen LogP contribution in [0, 0.1) is 0 Å². The van der Waals surface area contributed by atoms with Crippen LogP contribution in [0.3, 0.4) is 0 Å². The SMILES string of the molecule is C.C=CC(C)c1nc(-c2ccc(OC)cc2)c(-c2ccccc2S(N)(=O)=O)o1.NC(=O)S.NC(=O)S.O. The second kappa shape index (κ2) is 16.4. The normalized spacial score (nSPS) is 10.5. The van der Waals surface area contributed by atoms with E-state index in [4.69, 9.17) is 23.9 Å². The summed E-state index contributed by atoms with van der Waals surface area (Å²) in [6.07, 6.45) is 1.71. The molecule has 1 atom stereocenters. The van der Waals surface area contributed by atoms with Crippen molar-refractivity contribution in [3.05, 3.63) is 67.1 Å². The lowest BCUT2D eigenvalue weighted by atomic mass is 10.1. The molecule has 0 fully saturated rings. The Morgan fingerprint density at radius 1 is 1.08 bits per heavy atom. The summed E-state index contributed by atoms with van der Waals surface area (Å²) in [6, 6.07) is 13.7. The van der Waals surface area contributed by atoms with E-state index in [0.29, 0.717) is 28.7 Å². The molecule has 0 bridgehead atoms. The molecule has 0 aliphatic carbocycles. The van der Waals surface area contributed by atoms with Crippen LogP contribution >= 0.6 is 25.3 Å². The Labute approximate surface area is 227 Å². The average Bonchev–Trinajstić information content (AvgIpc) is 3.22. The van der Waals surface area contributed by atoms with Crippen molar-refractivity contribution in [3.8, 4) is 28.3 Å². The molecule has 14 heteroatoms. The van der Waals surface area contributed by atoms with Crippen molar-refractivity contribution < 1.29 is 32.6 Å². The van der Waals surface area contributed by atoms with Gasteiger partial charge in [-0.25, -0.2) is 18.5 Å².